The standard InChI is InChI=1S/C17H24F14N2O3S.C16H22F14N2O3S.CH4/c1-33(2,34)7-4-6-32-37(35,36)8-3-5-11(9-12(18,14(20,21)22)15(23,24)25)10-13(19,16(26,27)28)17(29,30)31;1-32(2,33)6-3-5-31-36(34,35)7-4-10(8-11(17,13(19,20)21)14(22,23)24)9-12(18,15(25,26)27)16(28,29)30;/h11,32H,3-10H2,1-2H3;10,31H,3-9H2,1-2H3;1H4. The van der Waals surface area contributed by atoms with Crippen LogP contribution in [-0.4, -0.2) is 164 Å². The molecule has 0 saturated heterocycles. The van der Waals surface area contributed by atoms with Crippen LogP contribution >= 0.6 is 0 Å². The van der Waals surface area contributed by atoms with E-state index in [0.29, 0.717) is 0 Å². The van der Waals surface area contributed by atoms with Crippen LogP contribution in [0.25, 0.3) is 0 Å². The molecule has 0 fully saturated rings. The number of alkyl halides is 28. The Morgan fingerprint density at radius 3 is 0.770 bits per heavy atom. The van der Waals surface area contributed by atoms with Gasteiger partial charge in [0.2, 0.25) is 20.0 Å². The van der Waals surface area contributed by atoms with Crippen LogP contribution in [0.4, 0.5) is 123 Å². The van der Waals surface area contributed by atoms with Gasteiger partial charge in [0.25, 0.3) is 22.7 Å². The Balaban J connectivity index is -0.00000134. The second kappa shape index (κ2) is 25.2. The van der Waals surface area contributed by atoms with Crippen molar-refractivity contribution in [1.82, 2.24) is 9.44 Å². The summed E-state index contributed by atoms with van der Waals surface area (Å²) >= 11 is 0. The molecular formula is C34H50F28N4O6S2. The van der Waals surface area contributed by atoms with E-state index >= 15 is 0 Å². The number of quaternary nitrogens is 2. The lowest BCUT2D eigenvalue weighted by Crippen LogP contribution is -2.57. The Morgan fingerprint density at radius 2 is 0.568 bits per heavy atom. The third-order valence-electron chi connectivity index (χ3n) is 10.1. The average molecular weight is 1210 g/mol. The Bertz CT molecular complexity index is 1780. The summed E-state index contributed by atoms with van der Waals surface area (Å²) in [7, 11) is -4.51. The van der Waals surface area contributed by atoms with Crippen molar-refractivity contribution in [2.24, 2.45) is 11.8 Å². The molecule has 0 unspecified atom stereocenters. The molecule has 10 nitrogen and oxygen atoms in total. The lowest BCUT2D eigenvalue weighted by atomic mass is 9.80. The van der Waals surface area contributed by atoms with Crippen LogP contribution < -0.4 is 9.44 Å². The molecule has 0 aromatic carbocycles. The van der Waals surface area contributed by atoms with Crippen LogP contribution in [0.15, 0.2) is 0 Å². The van der Waals surface area contributed by atoms with Gasteiger partial charge in [0.05, 0.1) is 52.8 Å². The topological polar surface area (TPSA) is 138 Å². The van der Waals surface area contributed by atoms with Gasteiger partial charge >= 0.3 is 49.4 Å². The SMILES string of the molecule is C.C[N+](C)([O-])CCCNS(=O)(=O)CCC(CC(F)(C(F)(F)F)C(F)(F)F)CC(F)(C(F)(F)F)C(F)(F)F.C[N+](C)([O-])CCCNS(=O)(=O)CCCC(CC(F)(C(F)(F)F)C(F)(F)F)CC(F)(C(F)(F)F)C(F)(F)F. The van der Waals surface area contributed by atoms with Crippen molar-refractivity contribution < 1.29 is 149 Å². The molecule has 0 bridgehead atoms. The van der Waals surface area contributed by atoms with Gasteiger partial charge in [-0.05, 0) is 31.1 Å². The first-order valence-electron chi connectivity index (χ1n) is 19.8. The second-order valence-electron chi connectivity index (χ2n) is 17.4. The van der Waals surface area contributed by atoms with E-state index < -0.39 is 176 Å². The molecule has 0 aliphatic rings. The van der Waals surface area contributed by atoms with Crippen LogP contribution in [0.1, 0.15) is 65.2 Å². The van der Waals surface area contributed by atoms with E-state index in [1.165, 1.54) is 14.1 Å². The first-order valence-corrected chi connectivity index (χ1v) is 23.1. The van der Waals surface area contributed by atoms with E-state index in [1.807, 2.05) is 4.72 Å². The zero-order chi connectivity index (χ0) is 59.2. The van der Waals surface area contributed by atoms with Gasteiger partial charge in [0.15, 0.2) is 0 Å². The second-order valence-corrected chi connectivity index (χ2v) is 21.2. The largest absolute Gasteiger partial charge is 0.633 e. The summed E-state index contributed by atoms with van der Waals surface area (Å²) in [6.07, 6.45) is -72.4. The molecule has 0 atom stereocenters. The van der Waals surface area contributed by atoms with E-state index in [-0.39, 0.29) is 39.9 Å². The number of hydroxylamine groups is 6. The van der Waals surface area contributed by atoms with Crippen molar-refractivity contribution in [2.45, 2.75) is 137 Å². The van der Waals surface area contributed by atoms with Crippen LogP contribution in [0.3, 0.4) is 0 Å². The maximum atomic E-state index is 14.1. The smallest absolute Gasteiger partial charge is 0.431 e. The Kier molecular flexibility index (Phi) is 25.9. The summed E-state index contributed by atoms with van der Waals surface area (Å²) in [6.45, 7) is -1.24. The number of nitrogens with one attached hydrogen (secondary N) is 2. The molecule has 40 heteroatoms. The summed E-state index contributed by atoms with van der Waals surface area (Å²) in [4.78, 5) is 0. The minimum absolute atomic E-state index is 0. The number of nitrogens with zero attached hydrogens (tertiary/aromatic N) is 2. The minimum Gasteiger partial charge on any atom is -0.633 e. The monoisotopic (exact) mass is 1210 g/mol. The predicted octanol–water partition coefficient (Wildman–Crippen LogP) is 11.7. The quantitative estimate of drug-likeness (QED) is 0.0404. The molecular weight excluding hydrogens is 1160 g/mol. The number of hydrogen-bond donors (Lipinski definition) is 2. The van der Waals surface area contributed by atoms with Crippen LogP contribution in [-0.2, 0) is 20.0 Å². The molecule has 2 N–H and O–H groups in total. The van der Waals surface area contributed by atoms with Crippen molar-refractivity contribution in [3.8, 4) is 0 Å². The molecule has 0 aliphatic heterocycles. The molecule has 0 saturated carbocycles. The lowest BCUT2D eigenvalue weighted by Gasteiger charge is -2.37. The highest BCUT2D eigenvalue weighted by Gasteiger charge is 2.77. The highest BCUT2D eigenvalue weighted by atomic mass is 32.2. The number of rotatable bonds is 25. The number of sulfonamides is 2. The molecule has 450 valence electrons. The molecule has 74 heavy (non-hydrogen) atoms. The summed E-state index contributed by atoms with van der Waals surface area (Å²) in [5.41, 5.74) is -25.4. The molecule has 0 spiro atoms. The Labute approximate surface area is 403 Å². The van der Waals surface area contributed by atoms with Gasteiger partial charge in [0.1, 0.15) is 0 Å². The van der Waals surface area contributed by atoms with Gasteiger partial charge in [-0.15, -0.1) is 0 Å². The Hall–Kier alpha value is -2.30. The molecule has 0 heterocycles. The van der Waals surface area contributed by atoms with Crippen molar-refractivity contribution >= 4 is 20.0 Å². The van der Waals surface area contributed by atoms with E-state index in [0.717, 1.165) is 14.1 Å². The van der Waals surface area contributed by atoms with Gasteiger partial charge in [-0.3, -0.25) is 0 Å². The third-order valence-corrected chi connectivity index (χ3v) is 13.0. The van der Waals surface area contributed by atoms with Crippen LogP contribution in [0, 0.1) is 22.3 Å². The fourth-order valence-corrected chi connectivity index (χ4v) is 8.51. The minimum atomic E-state index is -6.90. The van der Waals surface area contributed by atoms with E-state index in [2.05, 4.69) is 0 Å². The highest BCUT2D eigenvalue weighted by Crippen LogP contribution is 2.57. The summed E-state index contributed by atoms with van der Waals surface area (Å²) in [6, 6.07) is 0. The third kappa shape index (κ3) is 22.6. The fourth-order valence-electron chi connectivity index (χ4n) is 6.12. The molecule has 0 amide bonds. The highest BCUT2D eigenvalue weighted by molar-refractivity contribution is 7.89. The average Bonchev–Trinajstić information content (AvgIpc) is 3.09. The van der Waals surface area contributed by atoms with Crippen LogP contribution in [0.5, 0.6) is 0 Å². The first kappa shape index (κ1) is 75.9. The van der Waals surface area contributed by atoms with E-state index in [1.54, 1.807) is 4.72 Å². The van der Waals surface area contributed by atoms with Crippen molar-refractivity contribution in [3.05, 3.63) is 10.4 Å². The first-order chi connectivity index (χ1) is 31.5. The maximum Gasteiger partial charge on any atom is 0.431 e. The molecule has 0 aliphatic carbocycles. The molecule has 0 radical (unpaired) electrons. The molecule has 0 aromatic rings. The van der Waals surface area contributed by atoms with Crippen molar-refractivity contribution in [1.29, 1.82) is 0 Å². The van der Waals surface area contributed by atoms with Gasteiger partial charge in [-0.25, -0.2) is 43.8 Å². The van der Waals surface area contributed by atoms with E-state index in [9.17, 15) is 150 Å². The lowest BCUT2D eigenvalue weighted by molar-refractivity contribution is -0.840. The van der Waals surface area contributed by atoms with Gasteiger partial charge < -0.3 is 19.7 Å². The normalized spacial score (nSPS) is 15.4. The number of halogens is 28. The summed E-state index contributed by atoms with van der Waals surface area (Å²) in [5, 5.41) is 22.7. The van der Waals surface area contributed by atoms with Crippen molar-refractivity contribution in [2.75, 3.05) is 65.9 Å². The fraction of sp³-hybridized carbons (Fsp3) is 1.00. The maximum absolute atomic E-state index is 14.1. The Morgan fingerprint density at radius 1 is 0.365 bits per heavy atom. The zero-order valence-electron chi connectivity index (χ0n) is 37.5. The van der Waals surface area contributed by atoms with Gasteiger partial charge in [-0.2, -0.15) is 105 Å². The molecule has 0 rings (SSSR count). The predicted molar refractivity (Wildman–Crippen MR) is 203 cm³/mol. The van der Waals surface area contributed by atoms with Crippen LogP contribution in [0.2, 0.25) is 0 Å². The zero-order valence-corrected chi connectivity index (χ0v) is 39.1. The summed E-state index contributed by atoms with van der Waals surface area (Å²) < 4.78 is 414. The van der Waals surface area contributed by atoms with Crippen molar-refractivity contribution in [3.63, 3.8) is 0 Å². The van der Waals surface area contributed by atoms with E-state index in [4.69, 9.17) is 0 Å². The molecule has 0 aromatic heterocycles. The van der Waals surface area contributed by atoms with Gasteiger partial charge in [0, 0.05) is 51.6 Å². The van der Waals surface area contributed by atoms with Gasteiger partial charge in [-0.1, -0.05) is 7.43 Å². The number of hydrogen-bond acceptors (Lipinski definition) is 6. The summed E-state index contributed by atoms with van der Waals surface area (Å²) in [5.74, 6) is -9.48.